The Morgan fingerprint density at radius 3 is 2.82 bits per heavy atom. The summed E-state index contributed by atoms with van der Waals surface area (Å²) in [5, 5.41) is 9.92. The van der Waals surface area contributed by atoms with E-state index in [0.717, 1.165) is 25.5 Å². The predicted molar refractivity (Wildman–Crippen MR) is 117 cm³/mol. The number of nitrogens with zero attached hydrogens (tertiary/aromatic N) is 1. The molecule has 3 heteroatoms. The minimum absolute atomic E-state index is 0.253. The molecular formula is C25H39NO2. The quantitative estimate of drug-likeness (QED) is 0.514. The van der Waals surface area contributed by atoms with Crippen LogP contribution in [0.25, 0.3) is 0 Å². The molecule has 0 saturated heterocycles. The third-order valence-corrected chi connectivity index (χ3v) is 7.33. The third kappa shape index (κ3) is 4.46. The summed E-state index contributed by atoms with van der Waals surface area (Å²) in [5.74, 6) is 3.13. The van der Waals surface area contributed by atoms with Gasteiger partial charge in [0.15, 0.2) is 0 Å². The number of hydrogen-bond acceptors (Lipinski definition) is 3. The molecule has 1 aromatic carbocycles. The Morgan fingerprint density at radius 2 is 2.11 bits per heavy atom. The van der Waals surface area contributed by atoms with Gasteiger partial charge in [-0.05, 0) is 85.7 Å². The van der Waals surface area contributed by atoms with Gasteiger partial charge in [0.25, 0.3) is 0 Å². The SMILES string of the molecule is CCC1C2C(C)Cc3cc(O)ccc3C2CCC1(C)C=CCOCCN(C)C. The maximum absolute atomic E-state index is 9.92. The molecule has 0 heterocycles. The van der Waals surface area contributed by atoms with Gasteiger partial charge in [0.05, 0.1) is 13.2 Å². The smallest absolute Gasteiger partial charge is 0.115 e. The van der Waals surface area contributed by atoms with Gasteiger partial charge in [0, 0.05) is 6.54 Å². The molecular weight excluding hydrogens is 346 g/mol. The molecule has 28 heavy (non-hydrogen) atoms. The highest BCUT2D eigenvalue weighted by atomic mass is 16.5. The number of rotatable bonds is 7. The number of likely N-dealkylation sites (N-methyl/N-ethyl adjacent to an activating group) is 1. The zero-order valence-electron chi connectivity index (χ0n) is 18.4. The lowest BCUT2D eigenvalue weighted by Crippen LogP contribution is -2.44. The fraction of sp³-hybridized carbons (Fsp3) is 0.680. The highest BCUT2D eigenvalue weighted by Crippen LogP contribution is 2.58. The van der Waals surface area contributed by atoms with Crippen LogP contribution in [0.2, 0.25) is 0 Å². The maximum Gasteiger partial charge on any atom is 0.115 e. The van der Waals surface area contributed by atoms with E-state index in [2.05, 4.69) is 58.0 Å². The summed E-state index contributed by atoms with van der Waals surface area (Å²) < 4.78 is 5.78. The van der Waals surface area contributed by atoms with Crippen molar-refractivity contribution in [2.24, 2.45) is 23.2 Å². The number of benzene rings is 1. The molecule has 0 aromatic heterocycles. The Kier molecular flexibility index (Phi) is 6.88. The van der Waals surface area contributed by atoms with Crippen LogP contribution in [0.3, 0.4) is 0 Å². The van der Waals surface area contributed by atoms with Crippen molar-refractivity contribution in [1.29, 1.82) is 0 Å². The summed E-state index contributed by atoms with van der Waals surface area (Å²) >= 11 is 0. The number of phenolic OH excluding ortho intramolecular Hbond substituents is 1. The molecule has 1 N–H and O–H groups in total. The van der Waals surface area contributed by atoms with Crippen molar-refractivity contribution in [3.05, 3.63) is 41.5 Å². The molecule has 0 amide bonds. The molecule has 2 aliphatic rings. The Balaban J connectivity index is 1.73. The van der Waals surface area contributed by atoms with Crippen LogP contribution < -0.4 is 0 Å². The van der Waals surface area contributed by atoms with E-state index in [4.69, 9.17) is 4.74 Å². The molecule has 2 aliphatic carbocycles. The van der Waals surface area contributed by atoms with E-state index in [9.17, 15) is 5.11 Å². The molecule has 3 nitrogen and oxygen atoms in total. The summed E-state index contributed by atoms with van der Waals surface area (Å²) in [6.07, 6.45) is 9.51. The molecule has 0 aliphatic heterocycles. The lowest BCUT2D eigenvalue weighted by Gasteiger charge is -2.53. The molecule has 0 bridgehead atoms. The van der Waals surface area contributed by atoms with Crippen molar-refractivity contribution >= 4 is 0 Å². The lowest BCUT2D eigenvalue weighted by molar-refractivity contribution is 0.0346. The van der Waals surface area contributed by atoms with E-state index in [-0.39, 0.29) is 5.41 Å². The van der Waals surface area contributed by atoms with Gasteiger partial charge >= 0.3 is 0 Å². The molecule has 0 radical (unpaired) electrons. The molecule has 3 rings (SSSR count). The molecule has 1 fully saturated rings. The Labute approximate surface area is 171 Å². The summed E-state index contributed by atoms with van der Waals surface area (Å²) in [6, 6.07) is 6.07. The van der Waals surface area contributed by atoms with Gasteiger partial charge in [-0.1, -0.05) is 45.4 Å². The number of fused-ring (bicyclic) bond motifs is 3. The highest BCUT2D eigenvalue weighted by Gasteiger charge is 2.48. The van der Waals surface area contributed by atoms with Gasteiger partial charge in [0.2, 0.25) is 0 Å². The lowest BCUT2D eigenvalue weighted by atomic mass is 9.51. The van der Waals surface area contributed by atoms with Crippen molar-refractivity contribution < 1.29 is 9.84 Å². The second-order valence-corrected chi connectivity index (χ2v) is 9.59. The van der Waals surface area contributed by atoms with E-state index < -0.39 is 0 Å². The first-order chi connectivity index (χ1) is 13.4. The zero-order valence-corrected chi connectivity index (χ0v) is 18.4. The average molecular weight is 386 g/mol. The number of ether oxygens (including phenoxy) is 1. The van der Waals surface area contributed by atoms with E-state index >= 15 is 0 Å². The van der Waals surface area contributed by atoms with E-state index in [1.54, 1.807) is 0 Å². The van der Waals surface area contributed by atoms with Crippen molar-refractivity contribution in [2.45, 2.75) is 52.4 Å². The minimum Gasteiger partial charge on any atom is -0.508 e. The van der Waals surface area contributed by atoms with Crippen LogP contribution in [0.5, 0.6) is 5.75 Å². The van der Waals surface area contributed by atoms with Crippen LogP contribution >= 0.6 is 0 Å². The zero-order chi connectivity index (χ0) is 20.3. The number of aromatic hydroxyl groups is 1. The minimum atomic E-state index is 0.253. The first-order valence-corrected chi connectivity index (χ1v) is 11.1. The van der Waals surface area contributed by atoms with Gasteiger partial charge in [-0.15, -0.1) is 0 Å². The maximum atomic E-state index is 9.92. The van der Waals surface area contributed by atoms with Gasteiger partial charge in [-0.2, -0.15) is 0 Å². The van der Waals surface area contributed by atoms with Crippen LogP contribution in [-0.2, 0) is 11.2 Å². The summed E-state index contributed by atoms with van der Waals surface area (Å²) in [6.45, 7) is 9.73. The third-order valence-electron chi connectivity index (χ3n) is 7.33. The molecule has 1 aromatic rings. The fourth-order valence-corrected chi connectivity index (χ4v) is 6.00. The normalized spacial score (nSPS) is 32.5. The standard InChI is InChI=1S/C25H39NO2/c1-6-23-24-18(2)16-19-17-20(27)8-9-21(19)22(24)10-12-25(23,3)11-7-14-28-15-13-26(4)5/h7-9,11,17-18,22-24,27H,6,10,12-16H2,1-5H3. The van der Waals surface area contributed by atoms with Crippen molar-refractivity contribution in [1.82, 2.24) is 4.90 Å². The average Bonchev–Trinajstić information content (AvgIpc) is 2.64. The van der Waals surface area contributed by atoms with Crippen LogP contribution in [0.4, 0.5) is 0 Å². The molecule has 0 spiro atoms. The van der Waals surface area contributed by atoms with Gasteiger partial charge < -0.3 is 14.7 Å². The number of phenols is 1. The van der Waals surface area contributed by atoms with Gasteiger partial charge in [-0.25, -0.2) is 0 Å². The van der Waals surface area contributed by atoms with E-state index in [0.29, 0.717) is 30.1 Å². The van der Waals surface area contributed by atoms with E-state index in [1.165, 1.54) is 30.4 Å². The molecule has 156 valence electrons. The monoisotopic (exact) mass is 385 g/mol. The van der Waals surface area contributed by atoms with E-state index in [1.807, 2.05) is 12.1 Å². The van der Waals surface area contributed by atoms with Crippen LogP contribution in [-0.4, -0.2) is 43.9 Å². The topological polar surface area (TPSA) is 32.7 Å². The second kappa shape index (κ2) is 9.00. The van der Waals surface area contributed by atoms with Gasteiger partial charge in [0.1, 0.15) is 5.75 Å². The predicted octanol–water partition coefficient (Wildman–Crippen LogP) is 5.24. The van der Waals surface area contributed by atoms with Crippen LogP contribution in [0, 0.1) is 23.2 Å². The number of allylic oxidation sites excluding steroid dienone is 1. The Morgan fingerprint density at radius 1 is 1.32 bits per heavy atom. The first kappa shape index (κ1) is 21.4. The van der Waals surface area contributed by atoms with Crippen molar-refractivity contribution in [2.75, 3.05) is 33.9 Å². The summed E-state index contributed by atoms with van der Waals surface area (Å²) in [5.41, 5.74) is 3.12. The molecule has 5 atom stereocenters. The fourth-order valence-electron chi connectivity index (χ4n) is 6.00. The van der Waals surface area contributed by atoms with Gasteiger partial charge in [-0.3, -0.25) is 0 Å². The Hall–Kier alpha value is -1.32. The summed E-state index contributed by atoms with van der Waals surface area (Å²) in [4.78, 5) is 2.15. The van der Waals surface area contributed by atoms with Crippen molar-refractivity contribution in [3.63, 3.8) is 0 Å². The molecule has 5 unspecified atom stereocenters. The van der Waals surface area contributed by atoms with Crippen LogP contribution in [0.15, 0.2) is 30.4 Å². The second-order valence-electron chi connectivity index (χ2n) is 9.59. The first-order valence-electron chi connectivity index (χ1n) is 11.1. The largest absolute Gasteiger partial charge is 0.508 e. The van der Waals surface area contributed by atoms with Crippen molar-refractivity contribution in [3.8, 4) is 5.75 Å². The van der Waals surface area contributed by atoms with Crippen LogP contribution in [0.1, 0.15) is 57.1 Å². The summed E-state index contributed by atoms with van der Waals surface area (Å²) in [7, 11) is 4.16. The number of hydrogen-bond donors (Lipinski definition) is 1. The Bertz CT molecular complexity index is 683. The highest BCUT2D eigenvalue weighted by molar-refractivity contribution is 5.40. The molecule has 1 saturated carbocycles.